The minimum Gasteiger partial charge on any atom is -0.493 e. The van der Waals surface area contributed by atoms with E-state index in [1.165, 1.54) is 27.5 Å². The second kappa shape index (κ2) is 7.35. The van der Waals surface area contributed by atoms with Crippen LogP contribution in [0, 0.1) is 6.92 Å². The van der Waals surface area contributed by atoms with E-state index in [2.05, 4.69) is 10.5 Å². The maximum Gasteiger partial charge on any atom is 0.307 e. The van der Waals surface area contributed by atoms with Gasteiger partial charge in [-0.3, -0.25) is 4.79 Å². The van der Waals surface area contributed by atoms with Crippen molar-refractivity contribution in [1.82, 2.24) is 5.43 Å². The Morgan fingerprint density at radius 1 is 1.09 bits per heavy atom. The zero-order chi connectivity index (χ0) is 16.8. The summed E-state index contributed by atoms with van der Waals surface area (Å²) in [6.07, 6.45) is 1.45. The molecule has 0 aliphatic carbocycles. The SMILES string of the molecule is COc1ccc(/C=N/NC(=O)c2ccc(C)o2)c(OC)c1OC. The van der Waals surface area contributed by atoms with E-state index in [0.717, 1.165) is 0 Å². The summed E-state index contributed by atoms with van der Waals surface area (Å²) in [6, 6.07) is 6.75. The van der Waals surface area contributed by atoms with Gasteiger partial charge in [-0.25, -0.2) is 5.43 Å². The van der Waals surface area contributed by atoms with E-state index < -0.39 is 5.91 Å². The van der Waals surface area contributed by atoms with Crippen molar-refractivity contribution in [3.63, 3.8) is 0 Å². The van der Waals surface area contributed by atoms with Gasteiger partial charge >= 0.3 is 5.91 Å². The quantitative estimate of drug-likeness (QED) is 0.653. The van der Waals surface area contributed by atoms with E-state index in [1.807, 2.05) is 0 Å². The van der Waals surface area contributed by atoms with Crippen LogP contribution in [0.25, 0.3) is 0 Å². The molecule has 122 valence electrons. The minimum absolute atomic E-state index is 0.193. The zero-order valence-corrected chi connectivity index (χ0v) is 13.4. The molecule has 0 saturated heterocycles. The molecule has 0 unspecified atom stereocenters. The van der Waals surface area contributed by atoms with Gasteiger partial charge in [0.2, 0.25) is 5.75 Å². The fourth-order valence-electron chi connectivity index (χ4n) is 2.00. The Morgan fingerprint density at radius 2 is 1.83 bits per heavy atom. The molecular formula is C16H18N2O5. The highest BCUT2D eigenvalue weighted by Crippen LogP contribution is 2.38. The van der Waals surface area contributed by atoms with Crippen LogP contribution in [0.3, 0.4) is 0 Å². The molecule has 0 aliphatic heterocycles. The summed E-state index contributed by atoms with van der Waals surface area (Å²) in [7, 11) is 4.57. The highest BCUT2D eigenvalue weighted by atomic mass is 16.5. The Kier molecular flexibility index (Phi) is 5.24. The molecule has 7 nitrogen and oxygen atoms in total. The van der Waals surface area contributed by atoms with Gasteiger partial charge in [0.05, 0.1) is 27.5 Å². The Labute approximate surface area is 133 Å². The molecule has 7 heteroatoms. The number of amides is 1. The molecule has 23 heavy (non-hydrogen) atoms. The summed E-state index contributed by atoms with van der Waals surface area (Å²) in [5.41, 5.74) is 3.01. The van der Waals surface area contributed by atoms with Gasteiger partial charge < -0.3 is 18.6 Å². The van der Waals surface area contributed by atoms with Crippen molar-refractivity contribution in [1.29, 1.82) is 0 Å². The van der Waals surface area contributed by atoms with Crippen LogP contribution in [0.1, 0.15) is 21.9 Å². The van der Waals surface area contributed by atoms with E-state index >= 15 is 0 Å². The first-order valence-electron chi connectivity index (χ1n) is 6.79. The van der Waals surface area contributed by atoms with Crippen LogP contribution in [0.4, 0.5) is 0 Å². The van der Waals surface area contributed by atoms with E-state index in [9.17, 15) is 4.79 Å². The van der Waals surface area contributed by atoms with Gasteiger partial charge in [-0.05, 0) is 31.2 Å². The number of hydrogen-bond acceptors (Lipinski definition) is 6. The summed E-state index contributed by atoms with van der Waals surface area (Å²) in [5, 5.41) is 3.91. The number of ether oxygens (including phenoxy) is 3. The van der Waals surface area contributed by atoms with Crippen LogP contribution in [-0.2, 0) is 0 Å². The lowest BCUT2D eigenvalue weighted by Gasteiger charge is -2.13. The van der Waals surface area contributed by atoms with Crippen molar-refractivity contribution in [2.75, 3.05) is 21.3 Å². The predicted molar refractivity (Wildman–Crippen MR) is 84.6 cm³/mol. The number of carbonyl (C=O) groups is 1. The number of nitrogens with one attached hydrogen (secondary N) is 1. The van der Waals surface area contributed by atoms with Crippen molar-refractivity contribution in [2.24, 2.45) is 5.10 Å². The molecular weight excluding hydrogens is 300 g/mol. The van der Waals surface area contributed by atoms with Crippen LogP contribution in [-0.4, -0.2) is 33.5 Å². The average Bonchev–Trinajstić information content (AvgIpc) is 3.00. The molecule has 0 radical (unpaired) electrons. The molecule has 0 spiro atoms. The van der Waals surface area contributed by atoms with Gasteiger partial charge in [0.15, 0.2) is 17.3 Å². The first kappa shape index (κ1) is 16.4. The van der Waals surface area contributed by atoms with Gasteiger partial charge in [0.25, 0.3) is 0 Å². The fourth-order valence-corrected chi connectivity index (χ4v) is 2.00. The standard InChI is InChI=1S/C16H18N2O5/c1-10-5-7-13(23-10)16(19)18-17-9-11-6-8-12(20-2)15(22-4)14(11)21-3/h5-9H,1-4H3,(H,18,19)/b17-9+. The molecule has 0 fully saturated rings. The van der Waals surface area contributed by atoms with Gasteiger partial charge in [-0.1, -0.05) is 0 Å². The van der Waals surface area contributed by atoms with Gasteiger partial charge in [0, 0.05) is 5.56 Å². The number of benzene rings is 1. The van der Waals surface area contributed by atoms with Crippen LogP contribution in [0.5, 0.6) is 17.2 Å². The zero-order valence-electron chi connectivity index (χ0n) is 13.4. The summed E-state index contributed by atoms with van der Waals surface area (Å²) >= 11 is 0. The van der Waals surface area contributed by atoms with E-state index in [1.54, 1.807) is 31.2 Å². The largest absolute Gasteiger partial charge is 0.493 e. The topological polar surface area (TPSA) is 82.3 Å². The van der Waals surface area contributed by atoms with E-state index in [0.29, 0.717) is 28.6 Å². The molecule has 1 N–H and O–H groups in total. The lowest BCUT2D eigenvalue weighted by molar-refractivity contribution is 0.0926. The summed E-state index contributed by atoms with van der Waals surface area (Å²) < 4.78 is 21.0. The molecule has 1 aromatic heterocycles. The number of hydrazone groups is 1. The smallest absolute Gasteiger partial charge is 0.307 e. The number of nitrogens with zero attached hydrogens (tertiary/aromatic N) is 1. The average molecular weight is 318 g/mol. The van der Waals surface area contributed by atoms with Gasteiger partial charge in [-0.15, -0.1) is 0 Å². The summed E-state index contributed by atoms with van der Waals surface area (Å²) in [5.74, 6) is 1.86. The normalized spacial score (nSPS) is 10.6. The predicted octanol–water partition coefficient (Wildman–Crippen LogP) is 2.38. The molecule has 1 aromatic carbocycles. The molecule has 2 aromatic rings. The Bertz CT molecular complexity index is 721. The number of carbonyl (C=O) groups excluding carboxylic acids is 1. The van der Waals surface area contributed by atoms with E-state index in [4.69, 9.17) is 18.6 Å². The van der Waals surface area contributed by atoms with Crippen LogP contribution in [0.2, 0.25) is 0 Å². The number of methoxy groups -OCH3 is 3. The number of rotatable bonds is 6. The summed E-state index contributed by atoms with van der Waals surface area (Å²) in [4.78, 5) is 11.8. The lowest BCUT2D eigenvalue weighted by atomic mass is 10.2. The third-order valence-electron chi connectivity index (χ3n) is 3.07. The fraction of sp³-hybridized carbons (Fsp3) is 0.250. The third kappa shape index (κ3) is 3.63. The van der Waals surface area contributed by atoms with Gasteiger partial charge in [-0.2, -0.15) is 5.10 Å². The van der Waals surface area contributed by atoms with E-state index in [-0.39, 0.29) is 5.76 Å². The molecule has 1 amide bonds. The Balaban J connectivity index is 2.17. The third-order valence-corrected chi connectivity index (χ3v) is 3.07. The molecule has 0 atom stereocenters. The van der Waals surface area contributed by atoms with Crippen molar-refractivity contribution < 1.29 is 23.4 Å². The maximum absolute atomic E-state index is 11.8. The minimum atomic E-state index is -0.436. The molecule has 0 saturated carbocycles. The molecule has 2 rings (SSSR count). The lowest BCUT2D eigenvalue weighted by Crippen LogP contribution is -2.16. The molecule has 0 bridgehead atoms. The second-order valence-corrected chi connectivity index (χ2v) is 4.53. The van der Waals surface area contributed by atoms with Crippen molar-refractivity contribution >= 4 is 12.1 Å². The second-order valence-electron chi connectivity index (χ2n) is 4.53. The first-order valence-corrected chi connectivity index (χ1v) is 6.79. The molecule has 0 aliphatic rings. The summed E-state index contributed by atoms with van der Waals surface area (Å²) in [6.45, 7) is 1.76. The van der Waals surface area contributed by atoms with Crippen LogP contribution >= 0.6 is 0 Å². The van der Waals surface area contributed by atoms with Crippen molar-refractivity contribution in [3.05, 3.63) is 41.3 Å². The Morgan fingerprint density at radius 3 is 2.39 bits per heavy atom. The Hall–Kier alpha value is -2.96. The monoisotopic (exact) mass is 318 g/mol. The van der Waals surface area contributed by atoms with Crippen molar-refractivity contribution in [2.45, 2.75) is 6.92 Å². The molecule has 1 heterocycles. The number of aryl methyl sites for hydroxylation is 1. The highest BCUT2D eigenvalue weighted by Gasteiger charge is 2.15. The maximum atomic E-state index is 11.8. The highest BCUT2D eigenvalue weighted by molar-refractivity contribution is 5.93. The number of hydrogen-bond donors (Lipinski definition) is 1. The first-order chi connectivity index (χ1) is 11.1. The van der Waals surface area contributed by atoms with Crippen LogP contribution in [0.15, 0.2) is 33.8 Å². The van der Waals surface area contributed by atoms with Crippen LogP contribution < -0.4 is 19.6 Å². The van der Waals surface area contributed by atoms with Crippen molar-refractivity contribution in [3.8, 4) is 17.2 Å². The number of furan rings is 1. The van der Waals surface area contributed by atoms with Gasteiger partial charge in [0.1, 0.15) is 5.76 Å².